The van der Waals surface area contributed by atoms with Gasteiger partial charge in [0.25, 0.3) is 0 Å². The van der Waals surface area contributed by atoms with Crippen LogP contribution in [0.25, 0.3) is 0 Å². The Morgan fingerprint density at radius 2 is 0.400 bits per heavy atom. The van der Waals surface area contributed by atoms with Crippen LogP contribution in [0, 0.1) is 49.4 Å². The van der Waals surface area contributed by atoms with Crippen LogP contribution in [-0.2, 0) is 0 Å². The summed E-state index contributed by atoms with van der Waals surface area (Å²) in [6, 6.07) is 0. The van der Waals surface area contributed by atoms with Gasteiger partial charge in [-0.15, -0.1) is 0 Å². The second kappa shape index (κ2) is 25.2. The quantitative estimate of drug-likeness (QED) is 0.389. The molecule has 0 aromatic carbocycles. The number of hydrogen-bond acceptors (Lipinski definition) is 0. The van der Waals surface area contributed by atoms with Crippen molar-refractivity contribution in [2.24, 2.45) is 0 Å². The van der Waals surface area contributed by atoms with E-state index < -0.39 is 0 Å². The Balaban J connectivity index is 0. The largest absolute Gasteiger partial charge is 0.187 e. The van der Waals surface area contributed by atoms with Crippen molar-refractivity contribution < 1.29 is 49.4 Å². The zero-order valence-electron chi connectivity index (χ0n) is 0.378. The Kier molecular flexibility index (Phi) is 190. The van der Waals surface area contributed by atoms with Crippen molar-refractivity contribution in [1.82, 2.24) is 0 Å². The van der Waals surface area contributed by atoms with Crippen LogP contribution >= 0.6 is 0 Å². The standard InChI is InChI=1S/4Al.Eu.12H. The van der Waals surface area contributed by atoms with Gasteiger partial charge in [-0.3, -0.25) is 0 Å². The van der Waals surface area contributed by atoms with Crippen molar-refractivity contribution in [2.45, 2.75) is 0 Å². The third kappa shape index (κ3) is 18.3. The van der Waals surface area contributed by atoms with E-state index in [1.165, 1.54) is 0 Å². The second-order valence-corrected chi connectivity index (χ2v) is 0. The minimum Gasteiger partial charge on any atom is 0 e. The Bertz CT molecular complexity index is 3.61. The van der Waals surface area contributed by atoms with Gasteiger partial charge in [0.1, 0.15) is 0 Å². The van der Waals surface area contributed by atoms with Crippen LogP contribution in [0.3, 0.4) is 0 Å². The van der Waals surface area contributed by atoms with Gasteiger partial charge < -0.3 is 0 Å². The van der Waals surface area contributed by atoms with Gasteiger partial charge >= 0.3 is 0 Å². The van der Waals surface area contributed by atoms with E-state index in [-0.39, 0.29) is 119 Å². The summed E-state index contributed by atoms with van der Waals surface area (Å²) < 4.78 is 0. The Morgan fingerprint density at radius 1 is 0.400 bits per heavy atom. The molecule has 5 heavy (non-hydrogen) atoms. The zero-order valence-corrected chi connectivity index (χ0v) is 2.80. The summed E-state index contributed by atoms with van der Waals surface area (Å²) in [5.74, 6) is 0. The first-order valence-electron chi connectivity index (χ1n) is 0. The van der Waals surface area contributed by atoms with Crippen LogP contribution in [-0.4, -0.2) is 69.4 Å². The summed E-state index contributed by atoms with van der Waals surface area (Å²) in [7, 11) is 0. The summed E-state index contributed by atoms with van der Waals surface area (Å²) in [5, 5.41) is 0. The molecule has 1 radical (unpaired) electrons. The van der Waals surface area contributed by atoms with E-state index in [0.29, 0.717) is 0 Å². The minimum absolute atomic E-state index is 0. The molecule has 0 aromatic rings. The molecule has 0 nitrogen and oxygen atoms in total. The molecular weight excluding hydrogens is 260 g/mol. The Morgan fingerprint density at radius 3 is 0.400 bits per heavy atom. The van der Waals surface area contributed by atoms with E-state index in [2.05, 4.69) is 0 Å². The SMILES string of the molecule is [AlH3].[AlH3].[AlH3].[AlH3].[Eu]. The van der Waals surface area contributed by atoms with Gasteiger partial charge in [0.05, 0.1) is 0 Å². The molecule has 0 aromatic heterocycles. The van der Waals surface area contributed by atoms with Crippen molar-refractivity contribution in [3.63, 3.8) is 0 Å². The number of hydrogen-bond donors (Lipinski definition) is 0. The van der Waals surface area contributed by atoms with Crippen molar-refractivity contribution in [1.29, 1.82) is 0 Å². The van der Waals surface area contributed by atoms with Crippen LogP contribution in [0.15, 0.2) is 0 Å². The Hall–Kier alpha value is 3.71. The normalized spacial score (nSPS) is 0. The van der Waals surface area contributed by atoms with Gasteiger partial charge in [0.2, 0.25) is 0 Å². The van der Waals surface area contributed by atoms with Crippen LogP contribution in [0.1, 0.15) is 0 Å². The molecule has 0 bridgehead atoms. The first-order valence-corrected chi connectivity index (χ1v) is 0. The summed E-state index contributed by atoms with van der Waals surface area (Å²) >= 11 is 0. The second-order valence-electron chi connectivity index (χ2n) is 0. The molecule has 0 aliphatic rings. The summed E-state index contributed by atoms with van der Waals surface area (Å²) in [6.07, 6.45) is 0. The van der Waals surface area contributed by atoms with E-state index >= 15 is 0 Å². The fraction of sp³-hybridized carbons (Fsp3) is 0. The molecule has 0 N–H and O–H groups in total. The molecule has 0 atom stereocenters. The molecule has 5 heteroatoms. The molecule has 0 rings (SSSR count). The molecule has 0 aliphatic heterocycles. The van der Waals surface area contributed by atoms with Crippen LogP contribution in [0.4, 0.5) is 0 Å². The fourth-order valence-electron chi connectivity index (χ4n) is 0. The molecule has 31 valence electrons. The molecule has 0 unspecified atom stereocenters. The van der Waals surface area contributed by atoms with Crippen molar-refractivity contribution in [2.75, 3.05) is 0 Å². The first-order chi connectivity index (χ1) is 0. The summed E-state index contributed by atoms with van der Waals surface area (Å²) in [4.78, 5) is 0. The number of rotatable bonds is 0. The van der Waals surface area contributed by atoms with E-state index in [1.54, 1.807) is 0 Å². The van der Waals surface area contributed by atoms with Gasteiger partial charge in [-0.05, 0) is 0 Å². The van der Waals surface area contributed by atoms with Crippen molar-refractivity contribution in [3.8, 4) is 0 Å². The maximum atomic E-state index is 0. The fourth-order valence-corrected chi connectivity index (χ4v) is 0. The van der Waals surface area contributed by atoms with Gasteiger partial charge in [-0.2, -0.15) is 0 Å². The predicted molar refractivity (Wildman–Crippen MR) is 39.8 cm³/mol. The summed E-state index contributed by atoms with van der Waals surface area (Å²) in [6.45, 7) is 0. The average Bonchev–Trinajstić information content (AvgIpc) is 0. The van der Waals surface area contributed by atoms with Crippen molar-refractivity contribution >= 4 is 69.4 Å². The zero-order chi connectivity index (χ0) is 0. The van der Waals surface area contributed by atoms with Gasteiger partial charge in [0.15, 0.2) is 69.4 Å². The predicted octanol–water partition coefficient (Wildman–Crippen LogP) is -4.74. The van der Waals surface area contributed by atoms with E-state index in [0.717, 1.165) is 0 Å². The minimum atomic E-state index is 0. The third-order valence-electron chi connectivity index (χ3n) is 0. The van der Waals surface area contributed by atoms with E-state index in [1.807, 2.05) is 0 Å². The van der Waals surface area contributed by atoms with Crippen LogP contribution < -0.4 is 0 Å². The van der Waals surface area contributed by atoms with Gasteiger partial charge in [-0.1, -0.05) is 0 Å². The monoisotopic (exact) mass is 273 g/mol. The third-order valence-corrected chi connectivity index (χ3v) is 0. The van der Waals surface area contributed by atoms with E-state index in [9.17, 15) is 0 Å². The maximum absolute atomic E-state index is 0. The molecule has 0 saturated carbocycles. The molecule has 0 spiro atoms. The average molecular weight is 272 g/mol. The maximum Gasteiger partial charge on any atom is 0.187 e. The van der Waals surface area contributed by atoms with Crippen LogP contribution in [0.2, 0.25) is 0 Å². The molecule has 0 aliphatic carbocycles. The topological polar surface area (TPSA) is 0 Å². The van der Waals surface area contributed by atoms with Gasteiger partial charge in [0, 0.05) is 49.4 Å². The molecular formula is H12Al4Eu. The Labute approximate surface area is 116 Å². The summed E-state index contributed by atoms with van der Waals surface area (Å²) in [5.41, 5.74) is 0. The van der Waals surface area contributed by atoms with Crippen molar-refractivity contribution in [3.05, 3.63) is 0 Å². The van der Waals surface area contributed by atoms with Crippen LogP contribution in [0.5, 0.6) is 0 Å². The molecule has 0 amide bonds. The molecule has 0 heterocycles. The first kappa shape index (κ1) is 37.6. The molecule has 0 saturated heterocycles. The van der Waals surface area contributed by atoms with Gasteiger partial charge in [-0.25, -0.2) is 0 Å². The molecule has 0 fully saturated rings. The smallest absolute Gasteiger partial charge is 0 e. The van der Waals surface area contributed by atoms with E-state index in [4.69, 9.17) is 0 Å².